The van der Waals surface area contributed by atoms with Gasteiger partial charge in [0.15, 0.2) is 5.13 Å². The highest BCUT2D eigenvalue weighted by Gasteiger charge is 2.12. The third-order valence-electron chi connectivity index (χ3n) is 5.58. The largest absolute Gasteiger partial charge is 0.368 e. The summed E-state index contributed by atoms with van der Waals surface area (Å²) in [6, 6.07) is 9.67. The smallest absolute Gasteiger partial charge is 0.325 e. The molecule has 3 aromatic heterocycles. The number of hydrogen-bond acceptors (Lipinski definition) is 8. The van der Waals surface area contributed by atoms with Crippen molar-refractivity contribution in [1.29, 1.82) is 0 Å². The number of carbonyl (C=O) groups is 1. The van der Waals surface area contributed by atoms with Crippen molar-refractivity contribution in [3.05, 3.63) is 64.8 Å². The fraction of sp³-hybridized carbons (Fsp3) is 0.250. The summed E-state index contributed by atoms with van der Waals surface area (Å²) in [4.78, 5) is 28.8. The van der Waals surface area contributed by atoms with Crippen molar-refractivity contribution in [2.24, 2.45) is 0 Å². The van der Waals surface area contributed by atoms with Gasteiger partial charge in [-0.3, -0.25) is 5.32 Å². The summed E-state index contributed by atoms with van der Waals surface area (Å²) in [5.74, 6) is 0.848. The highest BCUT2D eigenvalue weighted by atomic mass is 32.1. The maximum Gasteiger partial charge on any atom is 0.325 e. The quantitative estimate of drug-likeness (QED) is 0.330. The number of nitrogens with one attached hydrogen (secondary N) is 3. The topological polar surface area (TPSA) is 95.1 Å². The number of likely N-dealkylation sites (N-methyl/N-ethyl adjacent to an activating group) is 1. The second-order valence-corrected chi connectivity index (χ2v) is 10.1. The lowest BCUT2D eigenvalue weighted by Crippen LogP contribution is -2.23. The summed E-state index contributed by atoms with van der Waals surface area (Å²) in [5.41, 5.74) is 4.19. The van der Waals surface area contributed by atoms with Crippen molar-refractivity contribution in [1.82, 2.24) is 19.9 Å². The van der Waals surface area contributed by atoms with Crippen molar-refractivity contribution in [2.75, 3.05) is 42.6 Å². The van der Waals surface area contributed by atoms with Crippen LogP contribution in [-0.4, -0.2) is 52.6 Å². The molecule has 0 bridgehead atoms. The fourth-order valence-corrected chi connectivity index (χ4v) is 5.41. The number of rotatable bonds is 7. The van der Waals surface area contributed by atoms with Crippen molar-refractivity contribution >= 4 is 61.1 Å². The van der Waals surface area contributed by atoms with E-state index >= 15 is 0 Å². The van der Waals surface area contributed by atoms with E-state index in [0.717, 1.165) is 64.6 Å². The number of carbonyl (C=O) groups excluding carboxylic acids is 1. The molecule has 1 aliphatic heterocycles. The Hall–Kier alpha value is -3.34. The van der Waals surface area contributed by atoms with Gasteiger partial charge in [-0.15, -0.1) is 22.7 Å². The molecule has 4 aromatic rings. The molecule has 1 aromatic carbocycles. The van der Waals surface area contributed by atoms with Crippen LogP contribution in [0.15, 0.2) is 54.3 Å². The first-order valence-corrected chi connectivity index (χ1v) is 12.8. The van der Waals surface area contributed by atoms with E-state index in [1.807, 2.05) is 29.6 Å². The number of hydrogen-bond donors (Lipinski definition) is 3. The van der Waals surface area contributed by atoms with Crippen LogP contribution in [0, 0.1) is 0 Å². The number of amides is 2. The second kappa shape index (κ2) is 10.3. The number of aromatic nitrogens is 3. The SMILES string of the molecule is CN1CC=C(c2cccc(NC(=O)Nc3ncc(CCNc4ncnc5ccsc45)s3)c2)CC1. The molecular formula is C24H25N7OS2. The summed E-state index contributed by atoms with van der Waals surface area (Å²) < 4.78 is 1.06. The Morgan fingerprint density at radius 2 is 2.12 bits per heavy atom. The Kier molecular flexibility index (Phi) is 6.79. The summed E-state index contributed by atoms with van der Waals surface area (Å²) in [6.45, 7) is 2.71. The highest BCUT2D eigenvalue weighted by molar-refractivity contribution is 7.17. The zero-order chi connectivity index (χ0) is 23.3. The maximum atomic E-state index is 12.5. The number of thiophene rings is 1. The third-order valence-corrected chi connectivity index (χ3v) is 7.47. The van der Waals surface area contributed by atoms with Crippen LogP contribution in [0.1, 0.15) is 16.9 Å². The highest BCUT2D eigenvalue weighted by Crippen LogP contribution is 2.26. The minimum atomic E-state index is -0.297. The lowest BCUT2D eigenvalue weighted by Gasteiger charge is -2.22. The number of urea groups is 1. The van der Waals surface area contributed by atoms with Gasteiger partial charge in [-0.05, 0) is 48.2 Å². The number of benzene rings is 1. The monoisotopic (exact) mass is 491 g/mol. The first-order chi connectivity index (χ1) is 16.6. The molecule has 5 rings (SSSR count). The number of fused-ring (bicyclic) bond motifs is 1. The molecular weight excluding hydrogens is 466 g/mol. The Balaban J connectivity index is 1.13. The average molecular weight is 492 g/mol. The summed E-state index contributed by atoms with van der Waals surface area (Å²) in [6.07, 6.45) is 7.42. The number of anilines is 3. The van der Waals surface area contributed by atoms with E-state index in [1.165, 1.54) is 16.9 Å². The van der Waals surface area contributed by atoms with Gasteiger partial charge in [0.2, 0.25) is 0 Å². The number of nitrogens with zero attached hydrogens (tertiary/aromatic N) is 4. The van der Waals surface area contributed by atoms with Gasteiger partial charge in [-0.25, -0.2) is 19.7 Å². The first kappa shape index (κ1) is 22.5. The Morgan fingerprint density at radius 1 is 1.18 bits per heavy atom. The Morgan fingerprint density at radius 3 is 3.00 bits per heavy atom. The van der Waals surface area contributed by atoms with Crippen LogP contribution < -0.4 is 16.0 Å². The predicted octanol–water partition coefficient (Wildman–Crippen LogP) is 5.17. The van der Waals surface area contributed by atoms with E-state index in [-0.39, 0.29) is 6.03 Å². The molecule has 8 nitrogen and oxygen atoms in total. The van der Waals surface area contributed by atoms with Crippen LogP contribution in [0.4, 0.5) is 21.4 Å². The van der Waals surface area contributed by atoms with Gasteiger partial charge in [-0.2, -0.15) is 0 Å². The van der Waals surface area contributed by atoms with Crippen molar-refractivity contribution in [3.8, 4) is 0 Å². The average Bonchev–Trinajstić information content (AvgIpc) is 3.50. The zero-order valence-electron chi connectivity index (χ0n) is 18.7. The predicted molar refractivity (Wildman–Crippen MR) is 141 cm³/mol. The molecule has 0 radical (unpaired) electrons. The van der Waals surface area contributed by atoms with Gasteiger partial charge in [0.25, 0.3) is 0 Å². The Bertz CT molecular complexity index is 1330. The second-order valence-electron chi connectivity index (χ2n) is 8.07. The van der Waals surface area contributed by atoms with E-state index in [9.17, 15) is 4.79 Å². The molecule has 1 aliphatic rings. The lowest BCUT2D eigenvalue weighted by molar-refractivity contribution is 0.262. The molecule has 3 N–H and O–H groups in total. The van der Waals surface area contributed by atoms with E-state index in [2.05, 4.69) is 55.0 Å². The molecule has 0 fully saturated rings. The molecule has 0 spiro atoms. The molecule has 2 amide bonds. The minimum absolute atomic E-state index is 0.297. The van der Waals surface area contributed by atoms with Crippen molar-refractivity contribution in [3.63, 3.8) is 0 Å². The number of thiazole rings is 1. The lowest BCUT2D eigenvalue weighted by atomic mass is 9.99. The first-order valence-electron chi connectivity index (χ1n) is 11.1. The minimum Gasteiger partial charge on any atom is -0.368 e. The molecule has 10 heteroatoms. The third kappa shape index (κ3) is 5.41. The fourth-order valence-electron chi connectivity index (χ4n) is 3.79. The molecule has 174 valence electrons. The van der Waals surface area contributed by atoms with Gasteiger partial charge in [0.1, 0.15) is 12.1 Å². The van der Waals surface area contributed by atoms with E-state index in [0.29, 0.717) is 5.13 Å². The summed E-state index contributed by atoms with van der Waals surface area (Å²) in [7, 11) is 2.12. The Labute approximate surface area is 205 Å². The van der Waals surface area contributed by atoms with Gasteiger partial charge in [0.05, 0.1) is 10.2 Å². The van der Waals surface area contributed by atoms with Crippen LogP contribution in [-0.2, 0) is 6.42 Å². The molecule has 4 heterocycles. The van der Waals surface area contributed by atoms with E-state index in [4.69, 9.17) is 0 Å². The van der Waals surface area contributed by atoms with Crippen LogP contribution in [0.3, 0.4) is 0 Å². The molecule has 0 unspecified atom stereocenters. The van der Waals surface area contributed by atoms with Crippen LogP contribution in [0.25, 0.3) is 15.8 Å². The zero-order valence-corrected chi connectivity index (χ0v) is 20.4. The van der Waals surface area contributed by atoms with E-state index in [1.54, 1.807) is 23.9 Å². The molecule has 0 aliphatic carbocycles. The van der Waals surface area contributed by atoms with Crippen LogP contribution in [0.2, 0.25) is 0 Å². The summed E-state index contributed by atoms with van der Waals surface area (Å²) >= 11 is 3.10. The molecule has 0 atom stereocenters. The van der Waals surface area contributed by atoms with Gasteiger partial charge >= 0.3 is 6.03 Å². The van der Waals surface area contributed by atoms with Crippen LogP contribution in [0.5, 0.6) is 0 Å². The van der Waals surface area contributed by atoms with Crippen LogP contribution >= 0.6 is 22.7 Å². The normalized spacial score (nSPS) is 14.1. The molecule has 34 heavy (non-hydrogen) atoms. The van der Waals surface area contributed by atoms with Crippen molar-refractivity contribution < 1.29 is 4.79 Å². The van der Waals surface area contributed by atoms with Gasteiger partial charge in [-0.1, -0.05) is 18.2 Å². The van der Waals surface area contributed by atoms with Gasteiger partial charge in [0, 0.05) is 42.8 Å². The standard InChI is InChI=1S/C24H25N7OS2/c1-31-10-6-16(7-11-31)17-3-2-4-18(13-17)29-23(32)30-24-26-14-19(34-24)5-9-25-22-21-20(8-12-33-21)27-15-28-22/h2-4,6,8,12-15H,5,7,9-11H2,1H3,(H,25,27,28)(H2,26,29,30,32). The summed E-state index contributed by atoms with van der Waals surface area (Å²) in [5, 5.41) is 11.7. The van der Waals surface area contributed by atoms with Gasteiger partial charge < -0.3 is 15.5 Å². The molecule has 0 saturated heterocycles. The maximum absolute atomic E-state index is 12.5. The molecule has 0 saturated carbocycles. The van der Waals surface area contributed by atoms with Crippen molar-refractivity contribution in [2.45, 2.75) is 12.8 Å². The van der Waals surface area contributed by atoms with E-state index < -0.39 is 0 Å².